The minimum atomic E-state index is 0.150. The number of amides is 1. The Bertz CT molecular complexity index is 611. The van der Waals surface area contributed by atoms with Gasteiger partial charge in [0.2, 0.25) is 5.91 Å². The SMILES string of the molecule is O=C1CCC(CNCc2cnc3cnc(Br)cn23)N1. The van der Waals surface area contributed by atoms with E-state index in [0.717, 1.165) is 28.9 Å². The maximum Gasteiger partial charge on any atom is 0.220 e. The molecule has 0 bridgehead atoms. The molecule has 0 aromatic carbocycles. The van der Waals surface area contributed by atoms with Crippen LogP contribution in [0.5, 0.6) is 0 Å². The van der Waals surface area contributed by atoms with Crippen molar-refractivity contribution in [3.8, 4) is 0 Å². The summed E-state index contributed by atoms with van der Waals surface area (Å²) in [5.41, 5.74) is 1.90. The van der Waals surface area contributed by atoms with E-state index < -0.39 is 0 Å². The maximum absolute atomic E-state index is 11.1. The van der Waals surface area contributed by atoms with Crippen LogP contribution in [0.4, 0.5) is 0 Å². The van der Waals surface area contributed by atoms with E-state index in [2.05, 4.69) is 36.5 Å². The summed E-state index contributed by atoms with van der Waals surface area (Å²) in [6.07, 6.45) is 7.01. The summed E-state index contributed by atoms with van der Waals surface area (Å²) >= 11 is 3.35. The van der Waals surface area contributed by atoms with Crippen molar-refractivity contribution in [2.75, 3.05) is 6.54 Å². The molecule has 100 valence electrons. The van der Waals surface area contributed by atoms with Gasteiger partial charge in [-0.25, -0.2) is 9.97 Å². The third-order valence-corrected chi connectivity index (χ3v) is 3.63. The van der Waals surface area contributed by atoms with Crippen molar-refractivity contribution in [1.82, 2.24) is 25.0 Å². The number of aromatic nitrogens is 3. The van der Waals surface area contributed by atoms with E-state index >= 15 is 0 Å². The zero-order valence-corrected chi connectivity index (χ0v) is 11.9. The molecule has 1 aliphatic heterocycles. The molecule has 3 heterocycles. The molecule has 0 aliphatic carbocycles. The highest BCUT2D eigenvalue weighted by Crippen LogP contribution is 2.11. The van der Waals surface area contributed by atoms with Crippen LogP contribution < -0.4 is 10.6 Å². The lowest BCUT2D eigenvalue weighted by atomic mass is 10.2. The Morgan fingerprint density at radius 1 is 1.47 bits per heavy atom. The lowest BCUT2D eigenvalue weighted by Crippen LogP contribution is -2.35. The van der Waals surface area contributed by atoms with Crippen LogP contribution in [0.15, 0.2) is 23.2 Å². The molecule has 1 unspecified atom stereocenters. The molecule has 2 aromatic rings. The van der Waals surface area contributed by atoms with Crippen LogP contribution in [-0.4, -0.2) is 32.9 Å². The highest BCUT2D eigenvalue weighted by atomic mass is 79.9. The van der Waals surface area contributed by atoms with Crippen molar-refractivity contribution in [2.24, 2.45) is 0 Å². The quantitative estimate of drug-likeness (QED) is 0.875. The summed E-state index contributed by atoms with van der Waals surface area (Å²) in [5, 5.41) is 6.29. The van der Waals surface area contributed by atoms with E-state index in [-0.39, 0.29) is 11.9 Å². The van der Waals surface area contributed by atoms with E-state index in [0.29, 0.717) is 13.0 Å². The van der Waals surface area contributed by atoms with E-state index in [4.69, 9.17) is 0 Å². The summed E-state index contributed by atoms with van der Waals surface area (Å²) in [6.45, 7) is 1.50. The number of fused-ring (bicyclic) bond motifs is 1. The van der Waals surface area contributed by atoms with Gasteiger partial charge in [-0.3, -0.25) is 9.20 Å². The first-order valence-corrected chi connectivity index (χ1v) is 6.99. The molecule has 2 N–H and O–H groups in total. The molecule has 1 amide bonds. The molecule has 2 aromatic heterocycles. The van der Waals surface area contributed by atoms with Crippen LogP contribution in [0, 0.1) is 0 Å². The van der Waals surface area contributed by atoms with E-state index in [1.165, 1.54) is 0 Å². The average molecular weight is 324 g/mol. The fourth-order valence-electron chi connectivity index (χ4n) is 2.25. The van der Waals surface area contributed by atoms with Crippen LogP contribution in [0.2, 0.25) is 0 Å². The fourth-order valence-corrected chi connectivity index (χ4v) is 2.56. The smallest absolute Gasteiger partial charge is 0.220 e. The van der Waals surface area contributed by atoms with Crippen LogP contribution in [0.25, 0.3) is 5.65 Å². The molecule has 0 spiro atoms. The zero-order valence-electron chi connectivity index (χ0n) is 10.3. The van der Waals surface area contributed by atoms with Gasteiger partial charge in [0, 0.05) is 31.7 Å². The van der Waals surface area contributed by atoms with Crippen LogP contribution in [0.3, 0.4) is 0 Å². The van der Waals surface area contributed by atoms with Crippen LogP contribution >= 0.6 is 15.9 Å². The Morgan fingerprint density at radius 2 is 2.37 bits per heavy atom. The number of imidazole rings is 1. The Balaban J connectivity index is 1.62. The topological polar surface area (TPSA) is 71.3 Å². The van der Waals surface area contributed by atoms with Crippen molar-refractivity contribution < 1.29 is 4.79 Å². The number of halogens is 1. The average Bonchev–Trinajstić information content (AvgIpc) is 2.97. The lowest BCUT2D eigenvalue weighted by molar-refractivity contribution is -0.119. The van der Waals surface area contributed by atoms with Gasteiger partial charge in [-0.15, -0.1) is 0 Å². The van der Waals surface area contributed by atoms with Gasteiger partial charge in [-0.05, 0) is 22.4 Å². The van der Waals surface area contributed by atoms with Gasteiger partial charge in [0.15, 0.2) is 5.65 Å². The molecule has 6 nitrogen and oxygen atoms in total. The second-order valence-electron chi connectivity index (χ2n) is 4.62. The predicted octanol–water partition coefficient (Wildman–Crippen LogP) is 0.860. The Labute approximate surface area is 118 Å². The van der Waals surface area contributed by atoms with E-state index in [1.54, 1.807) is 6.20 Å². The molecule has 1 aliphatic rings. The monoisotopic (exact) mass is 323 g/mol. The Morgan fingerprint density at radius 3 is 3.16 bits per heavy atom. The molecule has 1 fully saturated rings. The first kappa shape index (κ1) is 12.6. The first-order chi connectivity index (χ1) is 9.22. The van der Waals surface area contributed by atoms with Crippen molar-refractivity contribution in [2.45, 2.75) is 25.4 Å². The summed E-state index contributed by atoms with van der Waals surface area (Å²) in [5.74, 6) is 0.150. The van der Waals surface area contributed by atoms with Gasteiger partial charge >= 0.3 is 0 Å². The number of carbonyl (C=O) groups excluding carboxylic acids is 1. The van der Waals surface area contributed by atoms with Gasteiger partial charge in [-0.1, -0.05) is 0 Å². The number of rotatable bonds is 4. The second kappa shape index (κ2) is 5.26. The number of nitrogens with zero attached hydrogens (tertiary/aromatic N) is 3. The number of carbonyl (C=O) groups is 1. The van der Waals surface area contributed by atoms with Crippen molar-refractivity contribution in [1.29, 1.82) is 0 Å². The molecule has 7 heteroatoms. The highest BCUT2D eigenvalue weighted by Gasteiger charge is 2.19. The first-order valence-electron chi connectivity index (χ1n) is 6.20. The second-order valence-corrected chi connectivity index (χ2v) is 5.43. The lowest BCUT2D eigenvalue weighted by Gasteiger charge is -2.11. The van der Waals surface area contributed by atoms with Crippen molar-refractivity contribution in [3.05, 3.63) is 28.9 Å². The molecular formula is C12H14BrN5O. The third-order valence-electron chi connectivity index (χ3n) is 3.22. The Kier molecular flexibility index (Phi) is 3.48. The summed E-state index contributed by atoms with van der Waals surface area (Å²) in [6, 6.07) is 0.250. The molecule has 1 saturated heterocycles. The standard InChI is InChI=1S/C12H14BrN5O/c13-10-7-18-9(5-16-11(18)6-15-10)4-14-3-8-1-2-12(19)17-8/h5-8,14H,1-4H2,(H,17,19). The summed E-state index contributed by atoms with van der Waals surface area (Å²) in [4.78, 5) is 19.5. The molecule has 1 atom stereocenters. The van der Waals surface area contributed by atoms with Gasteiger partial charge < -0.3 is 10.6 Å². The molecule has 3 rings (SSSR count). The normalized spacial score (nSPS) is 19.0. The number of nitrogens with one attached hydrogen (secondary N) is 2. The van der Waals surface area contributed by atoms with Gasteiger partial charge in [0.25, 0.3) is 0 Å². The number of hydrogen-bond acceptors (Lipinski definition) is 4. The predicted molar refractivity (Wildman–Crippen MR) is 73.6 cm³/mol. The van der Waals surface area contributed by atoms with Gasteiger partial charge in [0.1, 0.15) is 4.60 Å². The largest absolute Gasteiger partial charge is 0.352 e. The van der Waals surface area contributed by atoms with Crippen LogP contribution in [-0.2, 0) is 11.3 Å². The highest BCUT2D eigenvalue weighted by molar-refractivity contribution is 9.10. The Hall–Kier alpha value is -1.47. The molecule has 0 saturated carbocycles. The maximum atomic E-state index is 11.1. The third kappa shape index (κ3) is 2.76. The minimum absolute atomic E-state index is 0.150. The zero-order chi connectivity index (χ0) is 13.2. The van der Waals surface area contributed by atoms with E-state index in [9.17, 15) is 4.79 Å². The van der Waals surface area contributed by atoms with Crippen molar-refractivity contribution >= 4 is 27.5 Å². The van der Waals surface area contributed by atoms with Gasteiger partial charge in [0.05, 0.1) is 18.1 Å². The van der Waals surface area contributed by atoms with Gasteiger partial charge in [-0.2, -0.15) is 0 Å². The summed E-state index contributed by atoms with van der Waals surface area (Å²) < 4.78 is 2.78. The van der Waals surface area contributed by atoms with Crippen LogP contribution in [0.1, 0.15) is 18.5 Å². The molecular weight excluding hydrogens is 310 g/mol. The minimum Gasteiger partial charge on any atom is -0.352 e. The molecule has 0 radical (unpaired) electrons. The fraction of sp³-hybridized carbons (Fsp3) is 0.417. The van der Waals surface area contributed by atoms with E-state index in [1.807, 2.05) is 16.8 Å². The summed E-state index contributed by atoms with van der Waals surface area (Å²) in [7, 11) is 0. The molecule has 19 heavy (non-hydrogen) atoms. The number of hydrogen-bond donors (Lipinski definition) is 2. The van der Waals surface area contributed by atoms with Crippen molar-refractivity contribution in [3.63, 3.8) is 0 Å².